The summed E-state index contributed by atoms with van der Waals surface area (Å²) in [5.41, 5.74) is 2.07. The molecular formula is C28H27NO6. The lowest BCUT2D eigenvalue weighted by molar-refractivity contribution is -0.139. The second-order valence-corrected chi connectivity index (χ2v) is 7.74. The Labute approximate surface area is 203 Å². The van der Waals surface area contributed by atoms with Crippen LogP contribution in [0.1, 0.15) is 21.5 Å². The van der Waals surface area contributed by atoms with Crippen LogP contribution in [0.2, 0.25) is 0 Å². The van der Waals surface area contributed by atoms with E-state index in [0.717, 1.165) is 29.0 Å². The monoisotopic (exact) mass is 473 g/mol. The summed E-state index contributed by atoms with van der Waals surface area (Å²) in [6, 6.07) is 25.8. The molecule has 0 radical (unpaired) electrons. The number of hydrogen-bond donors (Lipinski definition) is 4. The van der Waals surface area contributed by atoms with E-state index >= 15 is 0 Å². The molecule has 0 bridgehead atoms. The van der Waals surface area contributed by atoms with E-state index in [1.807, 2.05) is 54.6 Å². The minimum Gasteiger partial charge on any atom is -0.508 e. The Morgan fingerprint density at radius 2 is 1.51 bits per heavy atom. The van der Waals surface area contributed by atoms with E-state index in [1.54, 1.807) is 36.4 Å². The molecule has 0 aliphatic carbocycles. The minimum absolute atomic E-state index is 0.189. The summed E-state index contributed by atoms with van der Waals surface area (Å²) in [4.78, 5) is 24.4. The Balaban J connectivity index is 0.00000167. The standard InChI is InChI=1S/C27H23NO5.CH4O/c29-23-8-4-7-19(13-23)17-33-24-12-11-20-15-22(10-9-21(20)16-24)26(30)28-25(27(31)32)14-18-5-2-1-3-6-18;1-2/h1-13,15-16,25,29H,14,17H2,(H,28,30)(H,31,32);2H,1H3. The van der Waals surface area contributed by atoms with E-state index in [0.29, 0.717) is 17.9 Å². The molecule has 1 amide bonds. The fourth-order valence-corrected chi connectivity index (χ4v) is 3.56. The minimum atomic E-state index is -1.08. The molecule has 7 nitrogen and oxygen atoms in total. The van der Waals surface area contributed by atoms with Crippen LogP contribution in [0, 0.1) is 0 Å². The number of nitrogens with one attached hydrogen (secondary N) is 1. The van der Waals surface area contributed by atoms with Crippen LogP contribution in [0.3, 0.4) is 0 Å². The number of phenols is 1. The Bertz CT molecular complexity index is 1290. The van der Waals surface area contributed by atoms with Gasteiger partial charge in [-0.3, -0.25) is 4.79 Å². The van der Waals surface area contributed by atoms with Crippen LogP contribution in [0.25, 0.3) is 10.8 Å². The van der Waals surface area contributed by atoms with Gasteiger partial charge in [-0.2, -0.15) is 0 Å². The van der Waals surface area contributed by atoms with Gasteiger partial charge < -0.3 is 25.4 Å². The van der Waals surface area contributed by atoms with Crippen molar-refractivity contribution in [3.63, 3.8) is 0 Å². The number of fused-ring (bicyclic) bond motifs is 1. The Morgan fingerprint density at radius 1 is 0.829 bits per heavy atom. The number of amides is 1. The predicted molar refractivity (Wildman–Crippen MR) is 134 cm³/mol. The van der Waals surface area contributed by atoms with Crippen LogP contribution < -0.4 is 10.1 Å². The van der Waals surface area contributed by atoms with E-state index < -0.39 is 17.9 Å². The maximum atomic E-state index is 12.7. The topological polar surface area (TPSA) is 116 Å². The van der Waals surface area contributed by atoms with E-state index in [4.69, 9.17) is 9.84 Å². The Morgan fingerprint density at radius 3 is 2.23 bits per heavy atom. The van der Waals surface area contributed by atoms with Gasteiger partial charge >= 0.3 is 5.97 Å². The highest BCUT2D eigenvalue weighted by atomic mass is 16.5. The molecule has 0 aliphatic heterocycles. The first kappa shape index (κ1) is 25.3. The van der Waals surface area contributed by atoms with Crippen molar-refractivity contribution in [3.8, 4) is 11.5 Å². The maximum absolute atomic E-state index is 12.7. The molecule has 180 valence electrons. The molecule has 1 unspecified atom stereocenters. The third-order valence-electron chi connectivity index (χ3n) is 5.28. The van der Waals surface area contributed by atoms with Gasteiger partial charge in [-0.15, -0.1) is 0 Å². The lowest BCUT2D eigenvalue weighted by Crippen LogP contribution is -2.42. The molecule has 35 heavy (non-hydrogen) atoms. The van der Waals surface area contributed by atoms with Crippen LogP contribution in [0.5, 0.6) is 11.5 Å². The number of aliphatic hydroxyl groups is 1. The number of carbonyl (C=O) groups is 2. The summed E-state index contributed by atoms with van der Waals surface area (Å²) in [7, 11) is 1.00. The first-order chi connectivity index (χ1) is 17.0. The van der Waals surface area contributed by atoms with Crippen LogP contribution >= 0.6 is 0 Å². The second kappa shape index (κ2) is 12.2. The summed E-state index contributed by atoms with van der Waals surface area (Å²) in [6.07, 6.45) is 0.204. The van der Waals surface area contributed by atoms with Gasteiger partial charge in [0.2, 0.25) is 0 Å². The zero-order valence-electron chi connectivity index (χ0n) is 19.2. The highest BCUT2D eigenvalue weighted by Gasteiger charge is 2.21. The number of benzene rings is 4. The predicted octanol–water partition coefficient (Wildman–Crippen LogP) is 4.16. The Kier molecular flexibility index (Phi) is 8.81. The molecule has 0 saturated carbocycles. The number of aliphatic carboxylic acids is 1. The normalized spacial score (nSPS) is 11.1. The molecule has 1 atom stereocenters. The first-order valence-corrected chi connectivity index (χ1v) is 10.9. The van der Waals surface area contributed by atoms with Crippen molar-refractivity contribution in [1.29, 1.82) is 0 Å². The molecule has 0 heterocycles. The lowest BCUT2D eigenvalue weighted by atomic mass is 10.0. The van der Waals surface area contributed by atoms with Crippen molar-refractivity contribution in [1.82, 2.24) is 5.32 Å². The lowest BCUT2D eigenvalue weighted by Gasteiger charge is -2.15. The van der Waals surface area contributed by atoms with Gasteiger partial charge in [-0.1, -0.05) is 54.6 Å². The third kappa shape index (κ3) is 7.06. The molecule has 0 spiro atoms. The summed E-state index contributed by atoms with van der Waals surface area (Å²) in [5.74, 6) is -0.669. The average molecular weight is 474 g/mol. The van der Waals surface area contributed by atoms with E-state index in [-0.39, 0.29) is 12.2 Å². The van der Waals surface area contributed by atoms with Crippen LogP contribution in [-0.4, -0.2) is 40.3 Å². The summed E-state index contributed by atoms with van der Waals surface area (Å²) in [6.45, 7) is 0.318. The molecule has 4 aromatic carbocycles. The smallest absolute Gasteiger partial charge is 0.326 e. The van der Waals surface area contributed by atoms with Crippen molar-refractivity contribution in [2.75, 3.05) is 7.11 Å². The van der Waals surface area contributed by atoms with E-state index in [1.165, 1.54) is 0 Å². The molecule has 4 rings (SSSR count). The first-order valence-electron chi connectivity index (χ1n) is 10.9. The van der Waals surface area contributed by atoms with Gasteiger partial charge in [0.15, 0.2) is 0 Å². The number of carboxylic acid groups (broad SMARTS) is 1. The fraction of sp³-hybridized carbons (Fsp3) is 0.143. The molecule has 0 aromatic heterocycles. The molecule has 0 saturated heterocycles. The van der Waals surface area contributed by atoms with Crippen LogP contribution in [0.15, 0.2) is 91.0 Å². The highest BCUT2D eigenvalue weighted by Crippen LogP contribution is 2.23. The van der Waals surface area contributed by atoms with Crippen molar-refractivity contribution >= 4 is 22.6 Å². The summed E-state index contributed by atoms with van der Waals surface area (Å²) >= 11 is 0. The van der Waals surface area contributed by atoms with Crippen molar-refractivity contribution < 1.29 is 29.6 Å². The highest BCUT2D eigenvalue weighted by molar-refractivity contribution is 6.00. The van der Waals surface area contributed by atoms with Crippen molar-refractivity contribution in [2.24, 2.45) is 0 Å². The quantitative estimate of drug-likeness (QED) is 0.305. The van der Waals surface area contributed by atoms with Crippen molar-refractivity contribution in [3.05, 3.63) is 108 Å². The summed E-state index contributed by atoms with van der Waals surface area (Å²) < 4.78 is 5.81. The zero-order valence-corrected chi connectivity index (χ0v) is 19.2. The maximum Gasteiger partial charge on any atom is 0.326 e. The number of rotatable bonds is 8. The Hall–Kier alpha value is -4.36. The molecule has 0 aliphatic rings. The largest absolute Gasteiger partial charge is 0.508 e. The van der Waals surface area contributed by atoms with Gasteiger partial charge in [0.05, 0.1) is 0 Å². The fourth-order valence-electron chi connectivity index (χ4n) is 3.56. The number of carboxylic acids is 1. The molecule has 4 aromatic rings. The zero-order chi connectivity index (χ0) is 25.2. The third-order valence-corrected chi connectivity index (χ3v) is 5.28. The van der Waals surface area contributed by atoms with E-state index in [2.05, 4.69) is 5.32 Å². The summed E-state index contributed by atoms with van der Waals surface area (Å²) in [5, 5.41) is 30.4. The molecule has 4 N–H and O–H groups in total. The number of aliphatic hydroxyl groups excluding tert-OH is 1. The molecule has 0 fully saturated rings. The van der Waals surface area contributed by atoms with E-state index in [9.17, 15) is 19.8 Å². The van der Waals surface area contributed by atoms with Gasteiger partial charge in [0, 0.05) is 19.1 Å². The van der Waals surface area contributed by atoms with Gasteiger partial charge in [0.1, 0.15) is 24.1 Å². The molecule has 7 heteroatoms. The SMILES string of the molecule is CO.O=C(NC(Cc1ccccc1)C(=O)O)c1ccc2cc(OCc3cccc(O)c3)ccc2c1. The van der Waals surface area contributed by atoms with Gasteiger partial charge in [-0.25, -0.2) is 4.79 Å². The van der Waals surface area contributed by atoms with Gasteiger partial charge in [-0.05, 0) is 58.3 Å². The van der Waals surface area contributed by atoms with Crippen molar-refractivity contribution in [2.45, 2.75) is 19.1 Å². The number of phenolic OH excluding ortho intramolecular Hbond substituents is 1. The average Bonchev–Trinajstić information content (AvgIpc) is 2.88. The number of hydrogen-bond acceptors (Lipinski definition) is 5. The molecular weight excluding hydrogens is 446 g/mol. The van der Waals surface area contributed by atoms with Crippen LogP contribution in [0.4, 0.5) is 0 Å². The number of carbonyl (C=O) groups excluding carboxylic acids is 1. The van der Waals surface area contributed by atoms with Gasteiger partial charge in [0.25, 0.3) is 5.91 Å². The number of ether oxygens (including phenoxy) is 1. The van der Waals surface area contributed by atoms with Crippen LogP contribution in [-0.2, 0) is 17.8 Å². The second-order valence-electron chi connectivity index (χ2n) is 7.74. The number of aromatic hydroxyl groups is 1.